The normalized spacial score (nSPS) is 12.0. The Morgan fingerprint density at radius 2 is 1.17 bits per heavy atom. The third-order valence-corrected chi connectivity index (χ3v) is 3.45. The minimum absolute atomic E-state index is 0.342. The van der Waals surface area contributed by atoms with Crippen LogP contribution in [0.2, 0.25) is 0 Å². The Bertz CT molecular complexity index is 163. The highest BCUT2D eigenvalue weighted by Gasteiger charge is 2.08. The van der Waals surface area contributed by atoms with E-state index >= 15 is 0 Å². The Balaban J connectivity index is 2.99. The molecule has 1 nitrogen and oxygen atoms in total. The highest BCUT2D eigenvalue weighted by atomic mass is 35.5. The van der Waals surface area contributed by atoms with Crippen LogP contribution in [0.3, 0.4) is 0 Å². The molecule has 0 aromatic heterocycles. The monoisotopic (exact) mass is 276 g/mol. The number of hydrogen-bond donors (Lipinski definition) is 0. The van der Waals surface area contributed by atoms with Crippen LogP contribution in [0, 0.1) is 5.41 Å². The van der Waals surface area contributed by atoms with Crippen LogP contribution in [0.4, 0.5) is 0 Å². The summed E-state index contributed by atoms with van der Waals surface area (Å²) in [5.74, 6) is 0. The van der Waals surface area contributed by atoms with E-state index in [1.807, 2.05) is 0 Å². The molecule has 0 aromatic rings. The predicted molar refractivity (Wildman–Crippen MR) is 82.3 cm³/mol. The molecule has 0 saturated heterocycles. The van der Waals surface area contributed by atoms with Gasteiger partial charge in [0, 0.05) is 6.61 Å². The predicted octanol–water partition coefficient (Wildman–Crippen LogP) is 6.15. The number of ether oxygens (including phenoxy) is 1. The fourth-order valence-electron chi connectivity index (χ4n) is 2.15. The summed E-state index contributed by atoms with van der Waals surface area (Å²) in [6, 6.07) is 0.342. The average Bonchev–Trinajstić information content (AvgIpc) is 2.29. The fourth-order valence-corrected chi connectivity index (χ4v) is 2.26. The Labute approximate surface area is 120 Å². The van der Waals surface area contributed by atoms with Gasteiger partial charge in [0.25, 0.3) is 0 Å². The second-order valence-electron chi connectivity index (χ2n) is 6.51. The summed E-state index contributed by atoms with van der Waals surface area (Å²) in [5.41, 5.74) is 0.519. The van der Waals surface area contributed by atoms with E-state index in [1.165, 1.54) is 57.8 Å². The molecule has 18 heavy (non-hydrogen) atoms. The summed E-state index contributed by atoms with van der Waals surface area (Å²) in [4.78, 5) is 0. The van der Waals surface area contributed by atoms with Gasteiger partial charge >= 0.3 is 0 Å². The van der Waals surface area contributed by atoms with Crippen molar-refractivity contribution in [1.82, 2.24) is 0 Å². The van der Waals surface area contributed by atoms with Crippen LogP contribution in [0.5, 0.6) is 0 Å². The van der Waals surface area contributed by atoms with Gasteiger partial charge in [-0.05, 0) is 18.3 Å². The molecule has 0 unspecified atom stereocenters. The Hall–Kier alpha value is 0.250. The summed E-state index contributed by atoms with van der Waals surface area (Å²) >= 11 is 5.43. The first-order chi connectivity index (χ1) is 8.56. The molecule has 0 radical (unpaired) electrons. The molecule has 0 rings (SSSR count). The lowest BCUT2D eigenvalue weighted by molar-refractivity contribution is 0.173. The van der Waals surface area contributed by atoms with Gasteiger partial charge in [-0.15, -0.1) is 0 Å². The van der Waals surface area contributed by atoms with Crippen molar-refractivity contribution in [3.63, 3.8) is 0 Å². The SMILES string of the molecule is CC(C)(C)CCCCCCCCCCCOCCl. The lowest BCUT2D eigenvalue weighted by Crippen LogP contribution is -2.03. The highest BCUT2D eigenvalue weighted by Crippen LogP contribution is 2.22. The van der Waals surface area contributed by atoms with Crippen LogP contribution < -0.4 is 0 Å². The maximum absolute atomic E-state index is 5.43. The number of halogens is 1. The third kappa shape index (κ3) is 16.2. The molecule has 0 spiro atoms. The fraction of sp³-hybridized carbons (Fsp3) is 1.00. The standard InChI is InChI=1S/C16H33ClO/c1-16(2,3)13-11-9-7-5-4-6-8-10-12-14-18-15-17/h4-15H2,1-3H3. The third-order valence-electron chi connectivity index (χ3n) is 3.29. The van der Waals surface area contributed by atoms with Crippen LogP contribution in [0.15, 0.2) is 0 Å². The zero-order chi connectivity index (χ0) is 13.7. The molecule has 0 aliphatic rings. The van der Waals surface area contributed by atoms with Gasteiger partial charge in [0.05, 0.1) is 0 Å². The van der Waals surface area contributed by atoms with Gasteiger partial charge in [-0.2, -0.15) is 0 Å². The Morgan fingerprint density at radius 1 is 0.722 bits per heavy atom. The van der Waals surface area contributed by atoms with Gasteiger partial charge in [-0.3, -0.25) is 0 Å². The van der Waals surface area contributed by atoms with Crippen molar-refractivity contribution in [2.24, 2.45) is 5.41 Å². The second kappa shape index (κ2) is 12.3. The topological polar surface area (TPSA) is 9.23 Å². The molecule has 0 atom stereocenters. The minimum Gasteiger partial charge on any atom is -0.366 e. The van der Waals surface area contributed by atoms with Gasteiger partial charge in [0.2, 0.25) is 0 Å². The van der Waals surface area contributed by atoms with Crippen molar-refractivity contribution in [2.45, 2.75) is 85.0 Å². The average molecular weight is 277 g/mol. The molecule has 0 aromatic carbocycles. The Kier molecular flexibility index (Phi) is 12.5. The van der Waals surface area contributed by atoms with Crippen LogP contribution in [0.1, 0.15) is 85.0 Å². The van der Waals surface area contributed by atoms with E-state index in [0.29, 0.717) is 11.5 Å². The summed E-state index contributed by atoms with van der Waals surface area (Å²) in [6.45, 7) is 7.83. The maximum Gasteiger partial charge on any atom is 0.120 e. The van der Waals surface area contributed by atoms with Gasteiger partial charge in [-0.25, -0.2) is 0 Å². The van der Waals surface area contributed by atoms with E-state index in [9.17, 15) is 0 Å². The zero-order valence-corrected chi connectivity index (χ0v) is 13.5. The molecule has 0 amide bonds. The molecule has 110 valence electrons. The van der Waals surface area contributed by atoms with Crippen molar-refractivity contribution in [3.8, 4) is 0 Å². The van der Waals surface area contributed by atoms with Crippen molar-refractivity contribution in [1.29, 1.82) is 0 Å². The van der Waals surface area contributed by atoms with Gasteiger partial charge in [0.15, 0.2) is 0 Å². The maximum atomic E-state index is 5.43. The lowest BCUT2D eigenvalue weighted by atomic mass is 9.89. The largest absolute Gasteiger partial charge is 0.366 e. The molecule has 0 bridgehead atoms. The summed E-state index contributed by atoms with van der Waals surface area (Å²) < 4.78 is 5.10. The van der Waals surface area contributed by atoms with Crippen LogP contribution >= 0.6 is 11.6 Å². The van der Waals surface area contributed by atoms with Crippen molar-refractivity contribution in [2.75, 3.05) is 12.7 Å². The molecule has 0 heterocycles. The van der Waals surface area contributed by atoms with E-state index in [1.54, 1.807) is 0 Å². The summed E-state index contributed by atoms with van der Waals surface area (Å²) in [7, 11) is 0. The van der Waals surface area contributed by atoms with Crippen LogP contribution in [-0.2, 0) is 4.74 Å². The first kappa shape index (κ1) is 18.2. The zero-order valence-electron chi connectivity index (χ0n) is 12.8. The van der Waals surface area contributed by atoms with Crippen LogP contribution in [-0.4, -0.2) is 12.7 Å². The van der Waals surface area contributed by atoms with Gasteiger partial charge in [0.1, 0.15) is 6.07 Å². The number of alkyl halides is 1. The van der Waals surface area contributed by atoms with Gasteiger partial charge < -0.3 is 4.74 Å². The number of unbranched alkanes of at least 4 members (excludes halogenated alkanes) is 8. The van der Waals surface area contributed by atoms with E-state index < -0.39 is 0 Å². The molecule has 0 aliphatic heterocycles. The first-order valence-electron chi connectivity index (χ1n) is 7.70. The van der Waals surface area contributed by atoms with Crippen molar-refractivity contribution in [3.05, 3.63) is 0 Å². The quantitative estimate of drug-likeness (QED) is 0.307. The summed E-state index contributed by atoms with van der Waals surface area (Å²) in [6.07, 6.45) is 13.6. The molecule has 0 fully saturated rings. The van der Waals surface area contributed by atoms with E-state index in [4.69, 9.17) is 16.3 Å². The van der Waals surface area contributed by atoms with E-state index in [2.05, 4.69) is 20.8 Å². The summed E-state index contributed by atoms with van der Waals surface area (Å²) in [5, 5.41) is 0. The number of hydrogen-bond acceptors (Lipinski definition) is 1. The van der Waals surface area contributed by atoms with E-state index in [0.717, 1.165) is 13.0 Å². The molecule has 2 heteroatoms. The smallest absolute Gasteiger partial charge is 0.120 e. The molecule has 0 aliphatic carbocycles. The van der Waals surface area contributed by atoms with Crippen LogP contribution in [0.25, 0.3) is 0 Å². The number of rotatable bonds is 12. The van der Waals surface area contributed by atoms with Crippen molar-refractivity contribution < 1.29 is 4.74 Å². The molecular weight excluding hydrogens is 244 g/mol. The lowest BCUT2D eigenvalue weighted by Gasteiger charge is -2.17. The highest BCUT2D eigenvalue weighted by molar-refractivity contribution is 6.17. The molecule has 0 N–H and O–H groups in total. The molecule has 0 saturated carbocycles. The Morgan fingerprint density at radius 3 is 1.61 bits per heavy atom. The van der Waals surface area contributed by atoms with Gasteiger partial charge in [-0.1, -0.05) is 83.7 Å². The van der Waals surface area contributed by atoms with E-state index in [-0.39, 0.29) is 0 Å². The molecular formula is C16H33ClO. The first-order valence-corrected chi connectivity index (χ1v) is 8.23. The van der Waals surface area contributed by atoms with Crippen molar-refractivity contribution >= 4 is 11.6 Å². The minimum atomic E-state index is 0.342. The second-order valence-corrected chi connectivity index (χ2v) is 6.73.